The van der Waals surface area contributed by atoms with Crippen LogP contribution in [0.25, 0.3) is 0 Å². The summed E-state index contributed by atoms with van der Waals surface area (Å²) >= 11 is 6.71. The molecule has 1 atom stereocenters. The minimum Gasteiger partial charge on any atom is -0.489 e. The number of carbonyl (C=O) groups excluding carboxylic acids is 1. The molecule has 1 aromatic carbocycles. The summed E-state index contributed by atoms with van der Waals surface area (Å²) < 4.78 is 12.2. The van der Waals surface area contributed by atoms with Crippen LogP contribution in [0.5, 0.6) is 5.75 Å². The Kier molecular flexibility index (Phi) is 5.44. The van der Waals surface area contributed by atoms with E-state index in [0.717, 1.165) is 15.2 Å². The molecule has 0 saturated heterocycles. The maximum Gasteiger partial charge on any atom is 0.150 e. The van der Waals surface area contributed by atoms with Gasteiger partial charge in [0.25, 0.3) is 0 Å². The average Bonchev–Trinajstić information content (AvgIpc) is 2.27. The van der Waals surface area contributed by atoms with Gasteiger partial charge in [-0.3, -0.25) is 4.79 Å². The predicted molar refractivity (Wildman–Crippen MR) is 69.2 cm³/mol. The van der Waals surface area contributed by atoms with Gasteiger partial charge in [0, 0.05) is 12.7 Å². The first-order valence-electron chi connectivity index (χ1n) is 4.68. The van der Waals surface area contributed by atoms with Gasteiger partial charge in [0.2, 0.25) is 0 Å². The number of methoxy groups -OCH3 is 1. The van der Waals surface area contributed by atoms with Gasteiger partial charge < -0.3 is 9.47 Å². The second-order valence-corrected chi connectivity index (χ2v) is 5.00. The Morgan fingerprint density at radius 2 is 1.94 bits per heavy atom. The molecular formula is C11H12Br2O3. The number of aldehydes is 1. The van der Waals surface area contributed by atoms with Crippen molar-refractivity contribution in [2.24, 2.45) is 0 Å². The van der Waals surface area contributed by atoms with E-state index in [-0.39, 0.29) is 6.10 Å². The average molecular weight is 352 g/mol. The molecule has 0 saturated carbocycles. The van der Waals surface area contributed by atoms with Crippen LogP contribution in [0.15, 0.2) is 21.1 Å². The van der Waals surface area contributed by atoms with Crippen molar-refractivity contribution in [2.45, 2.75) is 13.0 Å². The molecule has 0 spiro atoms. The van der Waals surface area contributed by atoms with Crippen LogP contribution in [0.2, 0.25) is 0 Å². The zero-order chi connectivity index (χ0) is 12.1. The molecule has 0 fully saturated rings. The molecule has 1 rings (SSSR count). The fourth-order valence-electron chi connectivity index (χ4n) is 1.05. The van der Waals surface area contributed by atoms with Crippen LogP contribution in [-0.2, 0) is 4.74 Å². The first-order chi connectivity index (χ1) is 7.58. The maximum atomic E-state index is 10.6. The fraction of sp³-hybridized carbons (Fsp3) is 0.364. The normalized spacial score (nSPS) is 12.2. The van der Waals surface area contributed by atoms with Crippen LogP contribution in [0.1, 0.15) is 17.3 Å². The van der Waals surface area contributed by atoms with Gasteiger partial charge >= 0.3 is 0 Å². The second kappa shape index (κ2) is 6.37. The molecule has 0 aliphatic heterocycles. The van der Waals surface area contributed by atoms with Gasteiger partial charge in [-0.25, -0.2) is 0 Å². The largest absolute Gasteiger partial charge is 0.489 e. The molecular weight excluding hydrogens is 340 g/mol. The Morgan fingerprint density at radius 3 is 2.38 bits per heavy atom. The van der Waals surface area contributed by atoms with Crippen molar-refractivity contribution in [3.63, 3.8) is 0 Å². The van der Waals surface area contributed by atoms with E-state index in [0.29, 0.717) is 17.9 Å². The minimum absolute atomic E-state index is 0.0181. The second-order valence-electron chi connectivity index (χ2n) is 3.29. The monoisotopic (exact) mass is 350 g/mol. The highest BCUT2D eigenvalue weighted by Crippen LogP contribution is 2.34. The van der Waals surface area contributed by atoms with Crippen molar-refractivity contribution >= 4 is 38.1 Å². The van der Waals surface area contributed by atoms with Crippen LogP contribution >= 0.6 is 31.9 Å². The molecule has 1 aromatic rings. The van der Waals surface area contributed by atoms with E-state index in [1.165, 1.54) is 0 Å². The van der Waals surface area contributed by atoms with Gasteiger partial charge in [0.1, 0.15) is 18.6 Å². The van der Waals surface area contributed by atoms with Crippen molar-refractivity contribution in [1.82, 2.24) is 0 Å². The van der Waals surface area contributed by atoms with Gasteiger partial charge in [-0.2, -0.15) is 0 Å². The quantitative estimate of drug-likeness (QED) is 0.762. The first kappa shape index (κ1) is 13.7. The molecule has 0 amide bonds. The van der Waals surface area contributed by atoms with E-state index in [9.17, 15) is 4.79 Å². The smallest absolute Gasteiger partial charge is 0.150 e. The van der Waals surface area contributed by atoms with E-state index in [2.05, 4.69) is 31.9 Å². The molecule has 0 aromatic heterocycles. The van der Waals surface area contributed by atoms with Gasteiger partial charge in [-0.1, -0.05) is 0 Å². The summed E-state index contributed by atoms with van der Waals surface area (Å²) in [7, 11) is 1.63. The SMILES string of the molecule is COC(C)COc1c(Br)cc(C=O)cc1Br. The highest BCUT2D eigenvalue weighted by atomic mass is 79.9. The topological polar surface area (TPSA) is 35.5 Å². The fourth-order valence-corrected chi connectivity index (χ4v) is 2.50. The van der Waals surface area contributed by atoms with E-state index in [1.54, 1.807) is 19.2 Å². The van der Waals surface area contributed by atoms with E-state index in [4.69, 9.17) is 9.47 Å². The molecule has 5 heteroatoms. The summed E-state index contributed by atoms with van der Waals surface area (Å²) in [6.45, 7) is 2.37. The molecule has 0 radical (unpaired) electrons. The third kappa shape index (κ3) is 3.57. The number of rotatable bonds is 5. The van der Waals surface area contributed by atoms with Crippen molar-refractivity contribution in [1.29, 1.82) is 0 Å². The van der Waals surface area contributed by atoms with E-state index < -0.39 is 0 Å². The molecule has 0 aliphatic rings. The van der Waals surface area contributed by atoms with E-state index in [1.807, 2.05) is 6.92 Å². The zero-order valence-electron chi connectivity index (χ0n) is 9.00. The Bertz CT molecular complexity index is 356. The van der Waals surface area contributed by atoms with Gasteiger partial charge in [0.15, 0.2) is 0 Å². The van der Waals surface area contributed by atoms with Gasteiger partial charge in [-0.05, 0) is 50.9 Å². The third-order valence-electron chi connectivity index (χ3n) is 2.02. The predicted octanol–water partition coefficient (Wildman–Crippen LogP) is 3.44. The number of benzene rings is 1. The molecule has 0 heterocycles. The molecule has 0 N–H and O–H groups in total. The lowest BCUT2D eigenvalue weighted by molar-refractivity contribution is 0.0711. The molecule has 88 valence electrons. The van der Waals surface area contributed by atoms with Crippen LogP contribution in [0.3, 0.4) is 0 Å². The Balaban J connectivity index is 2.84. The first-order valence-corrected chi connectivity index (χ1v) is 6.27. The number of hydrogen-bond donors (Lipinski definition) is 0. The zero-order valence-corrected chi connectivity index (χ0v) is 12.2. The number of halogens is 2. The highest BCUT2D eigenvalue weighted by Gasteiger charge is 2.10. The third-order valence-corrected chi connectivity index (χ3v) is 3.20. The molecule has 0 aliphatic carbocycles. The maximum absolute atomic E-state index is 10.6. The van der Waals surface area contributed by atoms with E-state index >= 15 is 0 Å². The molecule has 1 unspecified atom stereocenters. The lowest BCUT2D eigenvalue weighted by Crippen LogP contribution is -2.16. The summed E-state index contributed by atoms with van der Waals surface area (Å²) in [5.41, 5.74) is 0.589. The van der Waals surface area contributed by atoms with Crippen LogP contribution in [0, 0.1) is 0 Å². The summed E-state index contributed by atoms with van der Waals surface area (Å²) in [5.74, 6) is 0.675. The number of carbonyl (C=O) groups is 1. The molecule has 3 nitrogen and oxygen atoms in total. The summed E-state index contributed by atoms with van der Waals surface area (Å²) in [6.07, 6.45) is 0.807. The number of hydrogen-bond acceptors (Lipinski definition) is 3. The van der Waals surface area contributed by atoms with Crippen LogP contribution in [-0.4, -0.2) is 26.1 Å². The summed E-state index contributed by atoms with van der Waals surface area (Å²) in [5, 5.41) is 0. The standard InChI is InChI=1S/C11H12Br2O3/c1-7(15-2)6-16-11-9(12)3-8(5-14)4-10(11)13/h3-5,7H,6H2,1-2H3. The van der Waals surface area contributed by atoms with Crippen molar-refractivity contribution < 1.29 is 14.3 Å². The van der Waals surface area contributed by atoms with Crippen LogP contribution in [0.4, 0.5) is 0 Å². The lowest BCUT2D eigenvalue weighted by Gasteiger charge is -2.14. The lowest BCUT2D eigenvalue weighted by atomic mass is 10.2. The summed E-state index contributed by atoms with van der Waals surface area (Å²) in [4.78, 5) is 10.6. The van der Waals surface area contributed by atoms with Crippen molar-refractivity contribution in [3.05, 3.63) is 26.6 Å². The van der Waals surface area contributed by atoms with Gasteiger partial charge in [0.05, 0.1) is 15.0 Å². The van der Waals surface area contributed by atoms with Crippen molar-refractivity contribution in [2.75, 3.05) is 13.7 Å². The number of ether oxygens (including phenoxy) is 2. The molecule has 16 heavy (non-hydrogen) atoms. The Labute approximate surface area is 111 Å². The van der Waals surface area contributed by atoms with Crippen molar-refractivity contribution in [3.8, 4) is 5.75 Å². The minimum atomic E-state index is 0.0181. The Morgan fingerprint density at radius 1 is 1.38 bits per heavy atom. The Hall–Kier alpha value is -0.390. The van der Waals surface area contributed by atoms with Gasteiger partial charge in [-0.15, -0.1) is 0 Å². The highest BCUT2D eigenvalue weighted by molar-refractivity contribution is 9.11. The summed E-state index contributed by atoms with van der Waals surface area (Å²) in [6, 6.07) is 3.43. The van der Waals surface area contributed by atoms with Crippen LogP contribution < -0.4 is 4.74 Å². The molecule has 0 bridgehead atoms.